The molecule has 1 heterocycles. The Morgan fingerprint density at radius 1 is 1.35 bits per heavy atom. The fraction of sp³-hybridized carbons (Fsp3) is 0.250. The van der Waals surface area contributed by atoms with E-state index in [1.54, 1.807) is 4.68 Å². The van der Waals surface area contributed by atoms with E-state index in [4.69, 9.17) is 0 Å². The molecule has 2 aromatic rings. The zero-order chi connectivity index (χ0) is 12.3. The molecule has 2 rings (SSSR count). The van der Waals surface area contributed by atoms with Crippen molar-refractivity contribution in [3.63, 3.8) is 0 Å². The summed E-state index contributed by atoms with van der Waals surface area (Å²) in [4.78, 5) is 12.1. The molecule has 17 heavy (non-hydrogen) atoms. The summed E-state index contributed by atoms with van der Waals surface area (Å²) in [5.74, 6) is -0.551. The van der Waals surface area contributed by atoms with Crippen molar-refractivity contribution >= 4 is 5.78 Å². The molecule has 0 bridgehead atoms. The van der Waals surface area contributed by atoms with Crippen LogP contribution in [0.2, 0.25) is 0 Å². The Morgan fingerprint density at radius 2 is 2.06 bits per heavy atom. The minimum absolute atomic E-state index is 0.191. The summed E-state index contributed by atoms with van der Waals surface area (Å²) in [6, 6.07) is 5.45. The molecular weight excluding hydrogens is 221 g/mol. The molecule has 0 unspecified atom stereocenters. The Morgan fingerprint density at radius 3 is 2.71 bits per heavy atom. The van der Waals surface area contributed by atoms with E-state index < -0.39 is 0 Å². The van der Waals surface area contributed by atoms with Gasteiger partial charge in [-0.2, -0.15) is 0 Å². The number of benzene rings is 1. The van der Waals surface area contributed by atoms with Crippen LogP contribution in [0.1, 0.15) is 29.4 Å². The fourth-order valence-electron chi connectivity index (χ4n) is 1.56. The highest BCUT2D eigenvalue weighted by Crippen LogP contribution is 2.10. The van der Waals surface area contributed by atoms with Crippen LogP contribution in [0.5, 0.6) is 0 Å². The minimum atomic E-state index is -0.359. The summed E-state index contributed by atoms with van der Waals surface area (Å²) >= 11 is 0. The van der Waals surface area contributed by atoms with E-state index in [1.807, 2.05) is 6.92 Å². The summed E-state index contributed by atoms with van der Waals surface area (Å²) < 4.78 is 14.3. The monoisotopic (exact) mass is 233 g/mol. The fourth-order valence-corrected chi connectivity index (χ4v) is 1.56. The number of carbonyl (C=O) groups excluding carboxylic acids is 1. The number of rotatable bonds is 4. The van der Waals surface area contributed by atoms with Crippen LogP contribution < -0.4 is 0 Å². The van der Waals surface area contributed by atoms with Gasteiger partial charge in [0.15, 0.2) is 0 Å². The first-order chi connectivity index (χ1) is 8.22. The SMILES string of the molecule is CCCn1nncc1C(=O)c1ccc(F)cc1. The van der Waals surface area contributed by atoms with E-state index in [-0.39, 0.29) is 11.6 Å². The first-order valence-electron chi connectivity index (χ1n) is 5.41. The smallest absolute Gasteiger partial charge is 0.212 e. The van der Waals surface area contributed by atoms with Crippen molar-refractivity contribution in [2.24, 2.45) is 0 Å². The number of aromatic nitrogens is 3. The molecule has 1 aromatic carbocycles. The molecular formula is C12H12FN3O. The number of ketones is 1. The van der Waals surface area contributed by atoms with Gasteiger partial charge in [0.05, 0.1) is 6.20 Å². The lowest BCUT2D eigenvalue weighted by atomic mass is 10.1. The molecule has 1 aromatic heterocycles. The van der Waals surface area contributed by atoms with Crippen LogP contribution in [-0.2, 0) is 6.54 Å². The molecule has 0 aliphatic carbocycles. The molecule has 4 nitrogen and oxygen atoms in total. The van der Waals surface area contributed by atoms with E-state index in [0.717, 1.165) is 6.42 Å². The summed E-state index contributed by atoms with van der Waals surface area (Å²) in [6.07, 6.45) is 2.30. The Bertz CT molecular complexity index is 519. The lowest BCUT2D eigenvalue weighted by molar-refractivity contribution is 0.102. The van der Waals surface area contributed by atoms with Gasteiger partial charge in [-0.25, -0.2) is 9.07 Å². The summed E-state index contributed by atoms with van der Waals surface area (Å²) in [5.41, 5.74) is 0.865. The zero-order valence-corrected chi connectivity index (χ0v) is 9.43. The molecule has 0 atom stereocenters. The lowest BCUT2D eigenvalue weighted by Gasteiger charge is -2.03. The number of halogens is 1. The highest BCUT2D eigenvalue weighted by molar-refractivity contribution is 6.07. The van der Waals surface area contributed by atoms with Crippen LogP contribution in [0.25, 0.3) is 0 Å². The van der Waals surface area contributed by atoms with Gasteiger partial charge < -0.3 is 0 Å². The second-order valence-electron chi connectivity index (χ2n) is 3.68. The Hall–Kier alpha value is -2.04. The van der Waals surface area contributed by atoms with E-state index in [1.165, 1.54) is 30.5 Å². The van der Waals surface area contributed by atoms with E-state index in [0.29, 0.717) is 17.8 Å². The quantitative estimate of drug-likeness (QED) is 0.759. The third-order valence-corrected chi connectivity index (χ3v) is 2.39. The highest BCUT2D eigenvalue weighted by atomic mass is 19.1. The molecule has 5 heteroatoms. The molecule has 0 spiro atoms. The number of carbonyl (C=O) groups is 1. The van der Waals surface area contributed by atoms with Crippen molar-refractivity contribution in [3.8, 4) is 0 Å². The van der Waals surface area contributed by atoms with E-state index >= 15 is 0 Å². The minimum Gasteiger partial charge on any atom is -0.287 e. The Labute approximate surface area is 98.1 Å². The predicted molar refractivity (Wildman–Crippen MR) is 60.1 cm³/mol. The largest absolute Gasteiger partial charge is 0.287 e. The van der Waals surface area contributed by atoms with Gasteiger partial charge in [-0.1, -0.05) is 12.1 Å². The maximum Gasteiger partial charge on any atom is 0.212 e. The van der Waals surface area contributed by atoms with Gasteiger partial charge in [-0.05, 0) is 30.7 Å². The van der Waals surface area contributed by atoms with Crippen molar-refractivity contribution in [2.45, 2.75) is 19.9 Å². The number of nitrogens with zero attached hydrogens (tertiary/aromatic N) is 3. The highest BCUT2D eigenvalue weighted by Gasteiger charge is 2.14. The van der Waals surface area contributed by atoms with Crippen LogP contribution in [-0.4, -0.2) is 20.8 Å². The molecule has 0 saturated carbocycles. The maximum atomic E-state index is 12.8. The topological polar surface area (TPSA) is 47.8 Å². The molecule has 0 fully saturated rings. The Balaban J connectivity index is 2.30. The molecule has 0 saturated heterocycles. The van der Waals surface area contributed by atoms with Gasteiger partial charge in [-0.3, -0.25) is 4.79 Å². The Kier molecular flexibility index (Phi) is 3.27. The molecule has 0 aliphatic rings. The normalized spacial score (nSPS) is 10.5. The average Bonchev–Trinajstić information content (AvgIpc) is 2.78. The van der Waals surface area contributed by atoms with E-state index in [9.17, 15) is 9.18 Å². The number of hydrogen-bond acceptors (Lipinski definition) is 3. The summed E-state index contributed by atoms with van der Waals surface area (Å²) in [6.45, 7) is 2.64. The lowest BCUT2D eigenvalue weighted by Crippen LogP contribution is -2.11. The first kappa shape index (κ1) is 11.4. The van der Waals surface area contributed by atoms with Crippen LogP contribution in [0.4, 0.5) is 4.39 Å². The van der Waals surface area contributed by atoms with Gasteiger partial charge >= 0.3 is 0 Å². The second kappa shape index (κ2) is 4.86. The van der Waals surface area contributed by atoms with Crippen LogP contribution >= 0.6 is 0 Å². The molecule has 88 valence electrons. The predicted octanol–water partition coefficient (Wildman–Crippen LogP) is 2.06. The van der Waals surface area contributed by atoms with Crippen LogP contribution in [0.15, 0.2) is 30.5 Å². The standard InChI is InChI=1S/C12H12FN3O/c1-2-7-16-11(8-14-15-16)12(17)9-3-5-10(13)6-4-9/h3-6,8H,2,7H2,1H3. The van der Waals surface area contributed by atoms with Crippen molar-refractivity contribution in [1.29, 1.82) is 0 Å². The number of aryl methyl sites for hydroxylation is 1. The van der Waals surface area contributed by atoms with Crippen molar-refractivity contribution in [1.82, 2.24) is 15.0 Å². The van der Waals surface area contributed by atoms with Gasteiger partial charge in [0, 0.05) is 12.1 Å². The van der Waals surface area contributed by atoms with Gasteiger partial charge in [-0.15, -0.1) is 5.10 Å². The van der Waals surface area contributed by atoms with Crippen LogP contribution in [0, 0.1) is 5.82 Å². The zero-order valence-electron chi connectivity index (χ0n) is 9.43. The average molecular weight is 233 g/mol. The van der Waals surface area contributed by atoms with Gasteiger partial charge in [0.25, 0.3) is 0 Å². The first-order valence-corrected chi connectivity index (χ1v) is 5.41. The van der Waals surface area contributed by atoms with Crippen molar-refractivity contribution in [3.05, 3.63) is 47.5 Å². The maximum absolute atomic E-state index is 12.8. The second-order valence-corrected chi connectivity index (χ2v) is 3.68. The third kappa shape index (κ3) is 2.38. The van der Waals surface area contributed by atoms with Crippen molar-refractivity contribution < 1.29 is 9.18 Å². The van der Waals surface area contributed by atoms with E-state index in [2.05, 4.69) is 10.3 Å². The summed E-state index contributed by atoms with van der Waals surface area (Å²) in [5, 5.41) is 7.56. The number of hydrogen-bond donors (Lipinski definition) is 0. The van der Waals surface area contributed by atoms with Crippen LogP contribution in [0.3, 0.4) is 0 Å². The third-order valence-electron chi connectivity index (χ3n) is 2.39. The molecule has 0 N–H and O–H groups in total. The molecule has 0 radical (unpaired) electrons. The summed E-state index contributed by atoms with van der Waals surface area (Å²) in [7, 11) is 0. The molecule has 0 amide bonds. The van der Waals surface area contributed by atoms with Crippen molar-refractivity contribution in [2.75, 3.05) is 0 Å². The van der Waals surface area contributed by atoms with Gasteiger partial charge in [0.2, 0.25) is 5.78 Å². The molecule has 0 aliphatic heterocycles. The van der Waals surface area contributed by atoms with Gasteiger partial charge in [0.1, 0.15) is 11.5 Å².